The Kier molecular flexibility index (Phi) is 6.55. The number of rotatable bonds is 6. The first-order valence-corrected chi connectivity index (χ1v) is 8.61. The summed E-state index contributed by atoms with van der Waals surface area (Å²) in [5.41, 5.74) is 2.89. The van der Waals surface area contributed by atoms with E-state index in [4.69, 9.17) is 0 Å². The zero-order valence-corrected chi connectivity index (χ0v) is 15.5. The second-order valence-electron chi connectivity index (χ2n) is 5.63. The fourth-order valence-corrected chi connectivity index (χ4v) is 2.87. The number of amides is 2. The molecule has 1 N–H and O–H groups in total. The number of benzene rings is 2. The minimum Gasteiger partial charge on any atom is -0.354 e. The number of nitrogens with zero attached hydrogens (tertiary/aromatic N) is 1. The van der Waals surface area contributed by atoms with E-state index >= 15 is 0 Å². The predicted molar refractivity (Wildman–Crippen MR) is 100 cm³/mol. The van der Waals surface area contributed by atoms with Crippen LogP contribution in [-0.4, -0.2) is 24.9 Å². The molecule has 0 fully saturated rings. The topological polar surface area (TPSA) is 49.4 Å². The first-order chi connectivity index (χ1) is 11.5. The Morgan fingerprint density at radius 1 is 1.12 bits per heavy atom. The largest absolute Gasteiger partial charge is 0.354 e. The molecule has 0 radical (unpaired) electrons. The number of hydrogen-bond donors (Lipinski definition) is 1. The van der Waals surface area contributed by atoms with Gasteiger partial charge in [-0.05, 0) is 36.2 Å². The number of aryl methyl sites for hydroxylation is 1. The maximum Gasteiger partial charge on any atom is 0.224 e. The molecule has 0 saturated heterocycles. The molecule has 0 aliphatic rings. The standard InChI is InChI=1S/C19H21BrN2O2/c1-14-6-5-8-17(12-14)22(15(2)23)11-10-21-19(24)13-16-7-3-4-9-18(16)20/h3-9,12H,10-11,13H2,1-2H3,(H,21,24). The van der Waals surface area contributed by atoms with Crippen molar-refractivity contribution in [2.24, 2.45) is 0 Å². The smallest absolute Gasteiger partial charge is 0.224 e. The van der Waals surface area contributed by atoms with Crippen LogP contribution in [0.25, 0.3) is 0 Å². The van der Waals surface area contributed by atoms with Crippen LogP contribution < -0.4 is 10.2 Å². The Morgan fingerprint density at radius 2 is 1.88 bits per heavy atom. The fraction of sp³-hybridized carbons (Fsp3) is 0.263. The summed E-state index contributed by atoms with van der Waals surface area (Å²) in [4.78, 5) is 25.6. The molecule has 0 bridgehead atoms. The molecule has 0 saturated carbocycles. The van der Waals surface area contributed by atoms with Crippen LogP contribution in [0.1, 0.15) is 18.1 Å². The first kappa shape index (κ1) is 18.2. The summed E-state index contributed by atoms with van der Waals surface area (Å²) >= 11 is 3.44. The molecular weight excluding hydrogens is 368 g/mol. The van der Waals surface area contributed by atoms with Gasteiger partial charge in [0, 0.05) is 30.2 Å². The van der Waals surface area contributed by atoms with E-state index in [0.717, 1.165) is 21.3 Å². The molecule has 0 spiro atoms. The van der Waals surface area contributed by atoms with Crippen LogP contribution in [0.2, 0.25) is 0 Å². The quantitative estimate of drug-likeness (QED) is 0.823. The average molecular weight is 389 g/mol. The fourth-order valence-electron chi connectivity index (χ4n) is 2.45. The lowest BCUT2D eigenvalue weighted by atomic mass is 10.1. The highest BCUT2D eigenvalue weighted by Gasteiger charge is 2.12. The Balaban J connectivity index is 1.90. The molecular formula is C19H21BrN2O2. The highest BCUT2D eigenvalue weighted by Crippen LogP contribution is 2.17. The maximum atomic E-state index is 12.1. The summed E-state index contributed by atoms with van der Waals surface area (Å²) in [6, 6.07) is 15.4. The van der Waals surface area contributed by atoms with Gasteiger partial charge in [-0.2, -0.15) is 0 Å². The van der Waals surface area contributed by atoms with Gasteiger partial charge in [-0.1, -0.05) is 46.3 Å². The highest BCUT2D eigenvalue weighted by atomic mass is 79.9. The predicted octanol–water partition coefficient (Wildman–Crippen LogP) is 3.47. The Labute approximate surface area is 151 Å². The van der Waals surface area contributed by atoms with Crippen LogP contribution in [0.3, 0.4) is 0 Å². The number of carbonyl (C=O) groups is 2. The normalized spacial score (nSPS) is 10.3. The van der Waals surface area contributed by atoms with E-state index in [1.807, 2.05) is 55.5 Å². The molecule has 0 aliphatic heterocycles. The summed E-state index contributed by atoms with van der Waals surface area (Å²) < 4.78 is 0.922. The Morgan fingerprint density at radius 3 is 2.54 bits per heavy atom. The van der Waals surface area contributed by atoms with Crippen LogP contribution in [0.15, 0.2) is 53.0 Å². The van der Waals surface area contributed by atoms with Crippen LogP contribution >= 0.6 is 15.9 Å². The lowest BCUT2D eigenvalue weighted by Gasteiger charge is -2.22. The molecule has 0 heterocycles. The summed E-state index contributed by atoms with van der Waals surface area (Å²) in [6.07, 6.45) is 0.311. The van der Waals surface area contributed by atoms with Gasteiger partial charge in [0.15, 0.2) is 0 Å². The molecule has 0 aromatic heterocycles. The molecule has 0 unspecified atom stereocenters. The van der Waals surface area contributed by atoms with Crippen molar-refractivity contribution >= 4 is 33.4 Å². The first-order valence-electron chi connectivity index (χ1n) is 7.82. The van der Waals surface area contributed by atoms with Gasteiger partial charge in [-0.25, -0.2) is 0 Å². The number of carbonyl (C=O) groups excluding carboxylic acids is 2. The van der Waals surface area contributed by atoms with Gasteiger partial charge in [0.2, 0.25) is 11.8 Å². The zero-order valence-electron chi connectivity index (χ0n) is 13.9. The van der Waals surface area contributed by atoms with Crippen LogP contribution in [0.5, 0.6) is 0 Å². The molecule has 5 heteroatoms. The third kappa shape index (κ3) is 5.20. The number of anilines is 1. The third-order valence-corrected chi connectivity index (χ3v) is 4.43. The van der Waals surface area contributed by atoms with Gasteiger partial charge in [0.1, 0.15) is 0 Å². The molecule has 2 aromatic rings. The van der Waals surface area contributed by atoms with E-state index in [9.17, 15) is 9.59 Å². The van der Waals surface area contributed by atoms with Gasteiger partial charge >= 0.3 is 0 Å². The van der Waals surface area contributed by atoms with Crippen molar-refractivity contribution < 1.29 is 9.59 Å². The third-order valence-electron chi connectivity index (χ3n) is 3.66. The number of hydrogen-bond acceptors (Lipinski definition) is 2. The molecule has 126 valence electrons. The average Bonchev–Trinajstić information content (AvgIpc) is 2.53. The monoisotopic (exact) mass is 388 g/mol. The van der Waals surface area contributed by atoms with Crippen LogP contribution in [-0.2, 0) is 16.0 Å². The van der Waals surface area contributed by atoms with Crippen molar-refractivity contribution in [3.05, 3.63) is 64.1 Å². The van der Waals surface area contributed by atoms with Crippen molar-refractivity contribution in [2.45, 2.75) is 20.3 Å². The molecule has 4 nitrogen and oxygen atoms in total. The van der Waals surface area contributed by atoms with E-state index in [1.54, 1.807) is 4.90 Å². The minimum atomic E-state index is -0.0605. The van der Waals surface area contributed by atoms with E-state index in [1.165, 1.54) is 6.92 Å². The Bertz CT molecular complexity index is 731. The van der Waals surface area contributed by atoms with Crippen molar-refractivity contribution in [2.75, 3.05) is 18.0 Å². The van der Waals surface area contributed by atoms with Gasteiger partial charge in [0.25, 0.3) is 0 Å². The van der Waals surface area contributed by atoms with Gasteiger partial charge in [-0.3, -0.25) is 9.59 Å². The lowest BCUT2D eigenvalue weighted by Crippen LogP contribution is -2.38. The molecule has 2 aromatic carbocycles. The second kappa shape index (κ2) is 8.64. The molecule has 0 aliphatic carbocycles. The molecule has 0 atom stereocenters. The maximum absolute atomic E-state index is 12.1. The summed E-state index contributed by atoms with van der Waals surface area (Å²) in [5, 5.41) is 2.87. The van der Waals surface area contributed by atoms with Crippen molar-refractivity contribution in [1.82, 2.24) is 5.32 Å². The summed E-state index contributed by atoms with van der Waals surface area (Å²) in [6.45, 7) is 4.38. The summed E-state index contributed by atoms with van der Waals surface area (Å²) in [7, 11) is 0. The number of nitrogens with one attached hydrogen (secondary N) is 1. The Hall–Kier alpha value is -2.14. The highest BCUT2D eigenvalue weighted by molar-refractivity contribution is 9.10. The van der Waals surface area contributed by atoms with Gasteiger partial charge in [0.05, 0.1) is 6.42 Å². The molecule has 2 rings (SSSR count). The van der Waals surface area contributed by atoms with Crippen molar-refractivity contribution in [3.8, 4) is 0 Å². The van der Waals surface area contributed by atoms with Gasteiger partial charge < -0.3 is 10.2 Å². The zero-order chi connectivity index (χ0) is 17.5. The SMILES string of the molecule is CC(=O)N(CCNC(=O)Cc1ccccc1Br)c1cccc(C)c1. The number of halogens is 1. The summed E-state index contributed by atoms with van der Waals surface area (Å²) in [5.74, 6) is -0.102. The van der Waals surface area contributed by atoms with Crippen LogP contribution in [0, 0.1) is 6.92 Å². The minimum absolute atomic E-state index is 0.0411. The molecule has 2 amide bonds. The van der Waals surface area contributed by atoms with Crippen LogP contribution in [0.4, 0.5) is 5.69 Å². The second-order valence-corrected chi connectivity index (χ2v) is 6.48. The molecule has 24 heavy (non-hydrogen) atoms. The van der Waals surface area contributed by atoms with E-state index in [-0.39, 0.29) is 11.8 Å². The van der Waals surface area contributed by atoms with E-state index in [0.29, 0.717) is 19.5 Å². The van der Waals surface area contributed by atoms with Crippen molar-refractivity contribution in [3.63, 3.8) is 0 Å². The van der Waals surface area contributed by atoms with Crippen molar-refractivity contribution in [1.29, 1.82) is 0 Å². The van der Waals surface area contributed by atoms with Gasteiger partial charge in [-0.15, -0.1) is 0 Å². The van der Waals surface area contributed by atoms with E-state index in [2.05, 4.69) is 21.2 Å². The van der Waals surface area contributed by atoms with E-state index < -0.39 is 0 Å². The lowest BCUT2D eigenvalue weighted by molar-refractivity contribution is -0.121.